The van der Waals surface area contributed by atoms with Crippen molar-refractivity contribution in [2.75, 3.05) is 12.4 Å². The van der Waals surface area contributed by atoms with Crippen LogP contribution in [0.15, 0.2) is 23.4 Å². The maximum Gasteiger partial charge on any atom is 0.227 e. The third kappa shape index (κ3) is 5.14. The normalized spacial score (nSPS) is 10.7. The van der Waals surface area contributed by atoms with Crippen molar-refractivity contribution in [3.8, 4) is 5.75 Å². The number of hydrogen-bond donors (Lipinski definition) is 1. The first-order chi connectivity index (χ1) is 11.0. The Hall–Kier alpha value is -1.73. The SMILES string of the molecule is Cc1cc(Cl)ccc1OCCCc1nnc(SCC(N)=O)n1C. The molecule has 23 heavy (non-hydrogen) atoms. The lowest BCUT2D eigenvalue weighted by Gasteiger charge is -2.09. The molecular weight excluding hydrogens is 336 g/mol. The van der Waals surface area contributed by atoms with E-state index in [-0.39, 0.29) is 11.7 Å². The quantitative estimate of drug-likeness (QED) is 0.581. The van der Waals surface area contributed by atoms with Gasteiger partial charge in [0.15, 0.2) is 5.16 Å². The molecule has 0 saturated carbocycles. The third-order valence-corrected chi connectivity index (χ3v) is 4.49. The van der Waals surface area contributed by atoms with E-state index < -0.39 is 0 Å². The average Bonchev–Trinajstić information content (AvgIpc) is 2.84. The standard InChI is InChI=1S/C15H19ClN4O2S/c1-10-8-11(16)5-6-12(10)22-7-3-4-14-18-19-15(20(14)2)23-9-13(17)21/h5-6,8H,3-4,7,9H2,1-2H3,(H2,17,21). The van der Waals surface area contributed by atoms with Gasteiger partial charge in [-0.2, -0.15) is 0 Å². The topological polar surface area (TPSA) is 83.0 Å². The number of carbonyl (C=O) groups is 1. The van der Waals surface area contributed by atoms with Crippen molar-refractivity contribution in [2.24, 2.45) is 12.8 Å². The summed E-state index contributed by atoms with van der Waals surface area (Å²) in [4.78, 5) is 10.8. The molecule has 0 fully saturated rings. The number of aryl methyl sites for hydroxylation is 2. The molecule has 1 aromatic carbocycles. The lowest BCUT2D eigenvalue weighted by molar-refractivity contribution is -0.115. The summed E-state index contributed by atoms with van der Waals surface area (Å²) >= 11 is 7.21. The fourth-order valence-corrected chi connectivity index (χ4v) is 2.91. The minimum Gasteiger partial charge on any atom is -0.493 e. The first-order valence-electron chi connectivity index (χ1n) is 7.15. The van der Waals surface area contributed by atoms with Crippen LogP contribution in [0, 0.1) is 6.92 Å². The van der Waals surface area contributed by atoms with E-state index in [4.69, 9.17) is 22.1 Å². The van der Waals surface area contributed by atoms with E-state index in [0.29, 0.717) is 16.8 Å². The van der Waals surface area contributed by atoms with Crippen molar-refractivity contribution in [1.29, 1.82) is 0 Å². The molecule has 1 heterocycles. The van der Waals surface area contributed by atoms with Crippen LogP contribution in [0.2, 0.25) is 5.02 Å². The van der Waals surface area contributed by atoms with E-state index >= 15 is 0 Å². The summed E-state index contributed by atoms with van der Waals surface area (Å²) in [6.45, 7) is 2.55. The molecule has 0 aliphatic heterocycles. The Morgan fingerprint density at radius 3 is 2.91 bits per heavy atom. The number of hydrogen-bond acceptors (Lipinski definition) is 5. The molecule has 0 aliphatic rings. The molecule has 1 amide bonds. The van der Waals surface area contributed by atoms with E-state index in [1.807, 2.05) is 36.7 Å². The van der Waals surface area contributed by atoms with E-state index in [1.54, 1.807) is 0 Å². The summed E-state index contributed by atoms with van der Waals surface area (Å²) in [5.74, 6) is 1.52. The summed E-state index contributed by atoms with van der Waals surface area (Å²) in [6, 6.07) is 5.56. The first kappa shape index (κ1) is 17.6. The van der Waals surface area contributed by atoms with Crippen molar-refractivity contribution in [3.05, 3.63) is 34.6 Å². The fourth-order valence-electron chi connectivity index (χ4n) is 2.01. The van der Waals surface area contributed by atoms with Crippen LogP contribution >= 0.6 is 23.4 Å². The third-order valence-electron chi connectivity index (χ3n) is 3.21. The Labute approximate surface area is 144 Å². The number of halogens is 1. The summed E-state index contributed by atoms with van der Waals surface area (Å²) < 4.78 is 7.63. The van der Waals surface area contributed by atoms with Crippen molar-refractivity contribution < 1.29 is 9.53 Å². The van der Waals surface area contributed by atoms with Gasteiger partial charge in [0, 0.05) is 18.5 Å². The molecule has 1 aromatic heterocycles. The maximum atomic E-state index is 10.8. The summed E-state index contributed by atoms with van der Waals surface area (Å²) in [5.41, 5.74) is 6.15. The number of carbonyl (C=O) groups excluding carboxylic acids is 1. The first-order valence-corrected chi connectivity index (χ1v) is 8.52. The van der Waals surface area contributed by atoms with Gasteiger partial charge in [-0.1, -0.05) is 23.4 Å². The molecule has 0 saturated heterocycles. The van der Waals surface area contributed by atoms with Crippen LogP contribution in [0.3, 0.4) is 0 Å². The van der Waals surface area contributed by atoms with Crippen LogP contribution in [0.5, 0.6) is 5.75 Å². The Bertz CT molecular complexity index is 690. The Balaban J connectivity index is 1.81. The zero-order chi connectivity index (χ0) is 16.8. The minimum atomic E-state index is -0.369. The number of aromatic nitrogens is 3. The number of ether oxygens (including phenoxy) is 1. The molecule has 124 valence electrons. The number of nitrogens with two attached hydrogens (primary N) is 1. The van der Waals surface area contributed by atoms with E-state index in [0.717, 1.165) is 30.0 Å². The molecule has 0 unspecified atom stereocenters. The predicted octanol–water partition coefficient (Wildman–Crippen LogP) is 2.37. The monoisotopic (exact) mass is 354 g/mol. The zero-order valence-corrected chi connectivity index (χ0v) is 14.7. The zero-order valence-electron chi connectivity index (χ0n) is 13.1. The molecular formula is C15H19ClN4O2S. The summed E-state index contributed by atoms with van der Waals surface area (Å²) in [6.07, 6.45) is 1.56. The summed E-state index contributed by atoms with van der Waals surface area (Å²) in [7, 11) is 1.88. The molecule has 6 nitrogen and oxygen atoms in total. The van der Waals surface area contributed by atoms with E-state index in [1.165, 1.54) is 11.8 Å². The van der Waals surface area contributed by atoms with Crippen molar-refractivity contribution >= 4 is 29.3 Å². The number of nitrogens with zero attached hydrogens (tertiary/aromatic N) is 3. The average molecular weight is 355 g/mol. The highest BCUT2D eigenvalue weighted by Crippen LogP contribution is 2.22. The van der Waals surface area contributed by atoms with Gasteiger partial charge in [-0.15, -0.1) is 10.2 Å². The lowest BCUT2D eigenvalue weighted by atomic mass is 10.2. The van der Waals surface area contributed by atoms with Gasteiger partial charge in [0.1, 0.15) is 11.6 Å². The molecule has 0 radical (unpaired) electrons. The van der Waals surface area contributed by atoms with Gasteiger partial charge < -0.3 is 15.0 Å². The maximum absolute atomic E-state index is 10.8. The number of rotatable bonds is 8. The van der Waals surface area contributed by atoms with Crippen molar-refractivity contribution in [1.82, 2.24) is 14.8 Å². The smallest absolute Gasteiger partial charge is 0.227 e. The predicted molar refractivity (Wildman–Crippen MR) is 90.9 cm³/mol. The largest absolute Gasteiger partial charge is 0.493 e. The van der Waals surface area contributed by atoms with Crippen LogP contribution in [0.1, 0.15) is 17.8 Å². The van der Waals surface area contributed by atoms with Gasteiger partial charge in [-0.3, -0.25) is 4.79 Å². The number of thioether (sulfide) groups is 1. The number of primary amides is 1. The van der Waals surface area contributed by atoms with E-state index in [9.17, 15) is 4.79 Å². The second kappa shape index (κ2) is 8.21. The molecule has 0 aliphatic carbocycles. The minimum absolute atomic E-state index is 0.199. The molecule has 0 atom stereocenters. The van der Waals surface area contributed by atoms with Gasteiger partial charge in [0.2, 0.25) is 5.91 Å². The van der Waals surface area contributed by atoms with E-state index in [2.05, 4.69) is 10.2 Å². The second-order valence-corrected chi connectivity index (χ2v) is 6.45. The van der Waals surface area contributed by atoms with Gasteiger partial charge in [-0.25, -0.2) is 0 Å². The van der Waals surface area contributed by atoms with Gasteiger partial charge in [0.05, 0.1) is 12.4 Å². The lowest BCUT2D eigenvalue weighted by Crippen LogP contribution is -2.13. The summed E-state index contributed by atoms with van der Waals surface area (Å²) in [5, 5.41) is 9.59. The highest BCUT2D eigenvalue weighted by Gasteiger charge is 2.10. The highest BCUT2D eigenvalue weighted by molar-refractivity contribution is 7.99. The number of amides is 1. The molecule has 0 spiro atoms. The van der Waals surface area contributed by atoms with Crippen molar-refractivity contribution in [3.63, 3.8) is 0 Å². The van der Waals surface area contributed by atoms with Crippen LogP contribution in [-0.4, -0.2) is 33.0 Å². The molecule has 2 aromatic rings. The molecule has 8 heteroatoms. The van der Waals surface area contributed by atoms with Crippen LogP contribution in [0.4, 0.5) is 0 Å². The van der Waals surface area contributed by atoms with Crippen LogP contribution in [0.25, 0.3) is 0 Å². The number of benzene rings is 1. The Morgan fingerprint density at radius 1 is 1.43 bits per heavy atom. The molecule has 0 bridgehead atoms. The second-order valence-electron chi connectivity index (χ2n) is 5.07. The van der Waals surface area contributed by atoms with Gasteiger partial charge >= 0.3 is 0 Å². The van der Waals surface area contributed by atoms with Crippen LogP contribution in [-0.2, 0) is 18.3 Å². The van der Waals surface area contributed by atoms with Gasteiger partial charge in [0.25, 0.3) is 0 Å². The Morgan fingerprint density at radius 2 is 2.22 bits per heavy atom. The molecule has 2 rings (SSSR count). The highest BCUT2D eigenvalue weighted by atomic mass is 35.5. The fraction of sp³-hybridized carbons (Fsp3) is 0.400. The Kier molecular flexibility index (Phi) is 6.29. The van der Waals surface area contributed by atoms with Gasteiger partial charge in [-0.05, 0) is 37.1 Å². The van der Waals surface area contributed by atoms with Crippen molar-refractivity contribution in [2.45, 2.75) is 24.9 Å². The molecule has 2 N–H and O–H groups in total. The van der Waals surface area contributed by atoms with Crippen LogP contribution < -0.4 is 10.5 Å².